The largest absolute Gasteiger partial charge is 0.493 e. The number of aromatic nitrogens is 5. The Labute approximate surface area is 164 Å². The van der Waals surface area contributed by atoms with E-state index in [9.17, 15) is 8.78 Å². The molecule has 146 valence electrons. The van der Waals surface area contributed by atoms with Crippen LogP contribution in [-0.2, 0) is 19.6 Å². The first-order valence-corrected chi connectivity index (χ1v) is 9.12. The zero-order valence-corrected chi connectivity index (χ0v) is 15.3. The first-order valence-electron chi connectivity index (χ1n) is 9.12. The third-order valence-corrected chi connectivity index (χ3v) is 5.00. The van der Waals surface area contributed by atoms with Gasteiger partial charge in [0.25, 0.3) is 0 Å². The van der Waals surface area contributed by atoms with Crippen molar-refractivity contribution >= 4 is 11.6 Å². The summed E-state index contributed by atoms with van der Waals surface area (Å²) in [5, 5.41) is 11.3. The highest BCUT2D eigenvalue weighted by Gasteiger charge is 2.20. The summed E-state index contributed by atoms with van der Waals surface area (Å²) < 4.78 is 34.9. The first kappa shape index (κ1) is 17.5. The number of halogens is 2. The molecule has 0 atom stereocenters. The predicted octanol–water partition coefficient (Wildman–Crippen LogP) is 3.34. The number of anilines is 1. The SMILES string of the molecule is FCc1ncccc1-c1cnc(NCc2c(F)ccc3c2CCO3)n2cnnc12. The summed E-state index contributed by atoms with van der Waals surface area (Å²) >= 11 is 0. The van der Waals surface area contributed by atoms with E-state index in [1.165, 1.54) is 12.4 Å². The van der Waals surface area contributed by atoms with E-state index in [4.69, 9.17) is 4.74 Å². The molecule has 0 saturated carbocycles. The zero-order valence-electron chi connectivity index (χ0n) is 15.3. The highest BCUT2D eigenvalue weighted by atomic mass is 19.1. The van der Waals surface area contributed by atoms with E-state index in [0.717, 1.165) is 11.3 Å². The Morgan fingerprint density at radius 1 is 1.17 bits per heavy atom. The average Bonchev–Trinajstić information content (AvgIpc) is 3.43. The number of fused-ring (bicyclic) bond motifs is 2. The maximum absolute atomic E-state index is 14.4. The van der Waals surface area contributed by atoms with Crippen LogP contribution in [0.1, 0.15) is 16.8 Å². The smallest absolute Gasteiger partial charge is 0.210 e. The molecule has 1 aliphatic heterocycles. The number of ether oxygens (including phenoxy) is 1. The Balaban J connectivity index is 1.51. The summed E-state index contributed by atoms with van der Waals surface area (Å²) in [5.74, 6) is 0.882. The lowest BCUT2D eigenvalue weighted by Crippen LogP contribution is -2.10. The fraction of sp³-hybridized carbons (Fsp3) is 0.200. The van der Waals surface area contributed by atoms with Gasteiger partial charge in [0.1, 0.15) is 24.6 Å². The lowest BCUT2D eigenvalue weighted by atomic mass is 10.0. The van der Waals surface area contributed by atoms with Crippen molar-refractivity contribution in [2.24, 2.45) is 0 Å². The molecule has 1 aromatic carbocycles. The fourth-order valence-corrected chi connectivity index (χ4v) is 3.60. The number of nitrogens with one attached hydrogen (secondary N) is 1. The molecule has 7 nitrogen and oxygen atoms in total. The molecule has 0 fully saturated rings. The third-order valence-electron chi connectivity index (χ3n) is 5.00. The molecule has 5 rings (SSSR count). The second-order valence-corrected chi connectivity index (χ2v) is 6.61. The number of rotatable bonds is 5. The maximum atomic E-state index is 14.4. The summed E-state index contributed by atoms with van der Waals surface area (Å²) in [6.07, 6.45) is 5.32. The van der Waals surface area contributed by atoms with E-state index in [-0.39, 0.29) is 12.4 Å². The van der Waals surface area contributed by atoms with E-state index in [1.807, 2.05) is 0 Å². The van der Waals surface area contributed by atoms with Crippen molar-refractivity contribution in [2.75, 3.05) is 11.9 Å². The van der Waals surface area contributed by atoms with E-state index in [0.29, 0.717) is 47.0 Å². The molecular weight excluding hydrogens is 378 g/mol. The van der Waals surface area contributed by atoms with Crippen LogP contribution in [0.5, 0.6) is 5.75 Å². The summed E-state index contributed by atoms with van der Waals surface area (Å²) in [6, 6.07) is 6.56. The number of alkyl halides is 1. The summed E-state index contributed by atoms with van der Waals surface area (Å²) in [5.41, 5.74) is 3.47. The van der Waals surface area contributed by atoms with Crippen molar-refractivity contribution in [1.82, 2.24) is 24.6 Å². The fourth-order valence-electron chi connectivity index (χ4n) is 3.60. The molecule has 0 spiro atoms. The van der Waals surface area contributed by atoms with Crippen molar-refractivity contribution < 1.29 is 13.5 Å². The molecular formula is C20H16F2N6O. The second-order valence-electron chi connectivity index (χ2n) is 6.61. The Morgan fingerprint density at radius 3 is 3.00 bits per heavy atom. The Bertz CT molecular complexity index is 1210. The quantitative estimate of drug-likeness (QED) is 0.560. The Hall–Kier alpha value is -3.62. The number of nitrogens with zero attached hydrogens (tertiary/aromatic N) is 5. The average molecular weight is 394 g/mol. The van der Waals surface area contributed by atoms with Gasteiger partial charge in [0, 0.05) is 47.6 Å². The second kappa shape index (κ2) is 7.08. The minimum Gasteiger partial charge on any atom is -0.493 e. The van der Waals surface area contributed by atoms with E-state index < -0.39 is 6.67 Å². The number of pyridine rings is 1. The maximum Gasteiger partial charge on any atom is 0.210 e. The Morgan fingerprint density at radius 2 is 2.10 bits per heavy atom. The predicted molar refractivity (Wildman–Crippen MR) is 102 cm³/mol. The van der Waals surface area contributed by atoms with Crippen molar-refractivity contribution in [1.29, 1.82) is 0 Å². The van der Waals surface area contributed by atoms with Gasteiger partial charge in [-0.05, 0) is 18.2 Å². The molecule has 4 aromatic rings. The molecule has 0 aliphatic carbocycles. The standard InChI is InChI=1S/C20H16F2N6O/c21-8-17-12(2-1-6-23-17)15-10-25-20(28-11-26-27-19(15)28)24-9-14-13-5-7-29-18(13)4-3-16(14)22/h1-4,6,10-11H,5,7-9H2,(H,24,25). The van der Waals surface area contributed by atoms with Crippen molar-refractivity contribution in [2.45, 2.75) is 19.6 Å². The monoisotopic (exact) mass is 394 g/mol. The van der Waals surface area contributed by atoms with Crippen LogP contribution in [0.4, 0.5) is 14.7 Å². The summed E-state index contributed by atoms with van der Waals surface area (Å²) in [7, 11) is 0. The van der Waals surface area contributed by atoms with Crippen molar-refractivity contribution in [3.05, 3.63) is 65.6 Å². The van der Waals surface area contributed by atoms with Gasteiger partial charge in [-0.1, -0.05) is 6.07 Å². The van der Waals surface area contributed by atoms with Gasteiger partial charge in [-0.25, -0.2) is 13.8 Å². The van der Waals surface area contributed by atoms with Gasteiger partial charge >= 0.3 is 0 Å². The molecule has 9 heteroatoms. The van der Waals surface area contributed by atoms with Gasteiger partial charge in [-0.15, -0.1) is 10.2 Å². The molecule has 4 heterocycles. The number of benzene rings is 1. The molecule has 1 aliphatic rings. The lowest BCUT2D eigenvalue weighted by molar-refractivity contribution is 0.356. The molecule has 3 aromatic heterocycles. The minimum absolute atomic E-state index is 0.237. The first-order chi connectivity index (χ1) is 14.3. The molecule has 1 N–H and O–H groups in total. The van der Waals surface area contributed by atoms with Crippen molar-refractivity contribution in [3.63, 3.8) is 0 Å². The van der Waals surface area contributed by atoms with Crippen LogP contribution in [-0.4, -0.2) is 31.2 Å². The van der Waals surface area contributed by atoms with E-state index in [2.05, 4.69) is 25.5 Å². The van der Waals surface area contributed by atoms with Crippen LogP contribution in [0.15, 0.2) is 43.0 Å². The molecule has 0 saturated heterocycles. The molecule has 0 radical (unpaired) electrons. The highest BCUT2D eigenvalue weighted by molar-refractivity contribution is 5.78. The third kappa shape index (κ3) is 2.95. The van der Waals surface area contributed by atoms with Gasteiger partial charge in [0.15, 0.2) is 5.65 Å². The molecule has 29 heavy (non-hydrogen) atoms. The van der Waals surface area contributed by atoms with Crippen LogP contribution in [0.2, 0.25) is 0 Å². The van der Waals surface area contributed by atoms with Crippen LogP contribution < -0.4 is 10.1 Å². The molecule has 0 bridgehead atoms. The zero-order chi connectivity index (χ0) is 19.8. The van der Waals surface area contributed by atoms with E-state index in [1.54, 1.807) is 35.0 Å². The van der Waals surface area contributed by atoms with Crippen molar-refractivity contribution in [3.8, 4) is 16.9 Å². The molecule has 0 amide bonds. The van der Waals surface area contributed by atoms with Gasteiger partial charge in [0.2, 0.25) is 5.95 Å². The van der Waals surface area contributed by atoms with Gasteiger partial charge in [-0.3, -0.25) is 9.38 Å². The van der Waals surface area contributed by atoms with Crippen LogP contribution in [0.3, 0.4) is 0 Å². The lowest BCUT2D eigenvalue weighted by Gasteiger charge is -2.13. The summed E-state index contributed by atoms with van der Waals surface area (Å²) in [4.78, 5) is 8.51. The highest BCUT2D eigenvalue weighted by Crippen LogP contribution is 2.31. The topological polar surface area (TPSA) is 77.2 Å². The van der Waals surface area contributed by atoms with Crippen LogP contribution in [0.25, 0.3) is 16.8 Å². The normalized spacial score (nSPS) is 12.8. The van der Waals surface area contributed by atoms with Gasteiger partial charge in [0.05, 0.1) is 12.3 Å². The number of hydrogen-bond donors (Lipinski definition) is 1. The number of hydrogen-bond acceptors (Lipinski definition) is 6. The molecule has 0 unspecified atom stereocenters. The van der Waals surface area contributed by atoms with Gasteiger partial charge < -0.3 is 10.1 Å². The Kier molecular flexibility index (Phi) is 4.27. The minimum atomic E-state index is -0.697. The van der Waals surface area contributed by atoms with Gasteiger partial charge in [-0.2, -0.15) is 0 Å². The van der Waals surface area contributed by atoms with Crippen LogP contribution in [0, 0.1) is 5.82 Å². The van der Waals surface area contributed by atoms with Crippen LogP contribution >= 0.6 is 0 Å². The van der Waals surface area contributed by atoms with E-state index >= 15 is 0 Å². The summed E-state index contributed by atoms with van der Waals surface area (Å²) in [6.45, 7) is 0.0913.